The summed E-state index contributed by atoms with van der Waals surface area (Å²) in [5.74, 6) is -2.01. The van der Waals surface area contributed by atoms with E-state index < -0.39 is 17.5 Å². The quantitative estimate of drug-likeness (QED) is 0.714. The van der Waals surface area contributed by atoms with Gasteiger partial charge in [0.1, 0.15) is 12.4 Å². The molecule has 0 atom stereocenters. The van der Waals surface area contributed by atoms with Gasteiger partial charge in [0.25, 0.3) is 0 Å². The van der Waals surface area contributed by atoms with E-state index in [1.807, 2.05) is 0 Å². The maximum atomic E-state index is 13.5. The maximum absolute atomic E-state index is 13.5. The van der Waals surface area contributed by atoms with Crippen LogP contribution in [0.3, 0.4) is 0 Å². The molecule has 2 aromatic carbocycles. The lowest BCUT2D eigenvalue weighted by molar-refractivity contribution is 0.0478. The first-order valence-electron chi connectivity index (χ1n) is 5.58. The van der Waals surface area contributed by atoms with Crippen molar-refractivity contribution < 1.29 is 24.1 Å². The Morgan fingerprint density at radius 2 is 1.84 bits per heavy atom. The van der Waals surface area contributed by atoms with Gasteiger partial charge in [-0.05, 0) is 35.4 Å². The van der Waals surface area contributed by atoms with Crippen molar-refractivity contribution in [2.75, 3.05) is 0 Å². The Hall–Kier alpha value is -2.56. The van der Waals surface area contributed by atoms with Gasteiger partial charge in [0.15, 0.2) is 11.6 Å². The van der Waals surface area contributed by atoms with E-state index in [9.17, 15) is 19.4 Å². The van der Waals surface area contributed by atoms with Crippen LogP contribution in [0.4, 0.5) is 4.39 Å². The number of carbonyl (C=O) groups is 1. The summed E-state index contributed by atoms with van der Waals surface area (Å²) in [6.07, 6.45) is 0. The van der Waals surface area contributed by atoms with Crippen molar-refractivity contribution in [2.45, 2.75) is 6.61 Å². The SMILES string of the molecule is O=C1OCc2cc(O)ccc2-c2cc(F)c(O)cc21. The Kier molecular flexibility index (Phi) is 2.41. The highest BCUT2D eigenvalue weighted by Gasteiger charge is 2.23. The van der Waals surface area contributed by atoms with Crippen molar-refractivity contribution in [3.63, 3.8) is 0 Å². The molecule has 0 amide bonds. The first-order chi connectivity index (χ1) is 9.06. The Labute approximate surface area is 107 Å². The molecule has 1 aliphatic heterocycles. The lowest BCUT2D eigenvalue weighted by atomic mass is 9.96. The van der Waals surface area contributed by atoms with Crippen molar-refractivity contribution in [2.24, 2.45) is 0 Å². The normalized spacial score (nSPS) is 13.2. The van der Waals surface area contributed by atoms with Gasteiger partial charge in [-0.1, -0.05) is 6.07 Å². The molecule has 2 aromatic rings. The second kappa shape index (κ2) is 3.98. The molecule has 0 aliphatic carbocycles. The minimum Gasteiger partial charge on any atom is -0.508 e. The molecule has 19 heavy (non-hydrogen) atoms. The lowest BCUT2D eigenvalue weighted by Gasteiger charge is -2.08. The molecular weight excluding hydrogens is 251 g/mol. The summed E-state index contributed by atoms with van der Waals surface area (Å²) in [6, 6.07) is 6.63. The predicted molar refractivity (Wildman–Crippen MR) is 64.3 cm³/mol. The molecule has 0 fully saturated rings. The van der Waals surface area contributed by atoms with E-state index >= 15 is 0 Å². The van der Waals surface area contributed by atoms with Gasteiger partial charge in [0.05, 0.1) is 5.56 Å². The van der Waals surface area contributed by atoms with Crippen molar-refractivity contribution in [1.29, 1.82) is 0 Å². The Bertz CT molecular complexity index is 694. The van der Waals surface area contributed by atoms with Gasteiger partial charge in [-0.25, -0.2) is 9.18 Å². The van der Waals surface area contributed by atoms with Crippen molar-refractivity contribution in [1.82, 2.24) is 0 Å². The average molecular weight is 260 g/mol. The summed E-state index contributed by atoms with van der Waals surface area (Å²) < 4.78 is 18.5. The Balaban J connectivity index is 2.33. The fraction of sp³-hybridized carbons (Fsp3) is 0.0714. The number of hydrogen-bond acceptors (Lipinski definition) is 4. The summed E-state index contributed by atoms with van der Waals surface area (Å²) in [5.41, 5.74) is 1.62. The second-order valence-corrected chi connectivity index (χ2v) is 4.27. The Morgan fingerprint density at radius 1 is 1.05 bits per heavy atom. The summed E-state index contributed by atoms with van der Waals surface area (Å²) in [4.78, 5) is 11.8. The summed E-state index contributed by atoms with van der Waals surface area (Å²) in [5, 5.41) is 18.8. The number of esters is 1. The first kappa shape index (κ1) is 11.5. The molecule has 1 heterocycles. The number of aromatic hydroxyl groups is 2. The van der Waals surface area contributed by atoms with E-state index in [0.717, 1.165) is 12.1 Å². The summed E-state index contributed by atoms with van der Waals surface area (Å²) in [6.45, 7) is -0.0143. The number of rotatable bonds is 0. The third-order valence-electron chi connectivity index (χ3n) is 3.04. The number of cyclic esters (lactones) is 1. The minimum absolute atomic E-state index is 0.0143. The van der Waals surface area contributed by atoms with E-state index in [4.69, 9.17) is 4.74 Å². The fourth-order valence-electron chi connectivity index (χ4n) is 2.14. The van der Waals surface area contributed by atoms with Gasteiger partial charge in [-0.15, -0.1) is 0 Å². The van der Waals surface area contributed by atoms with Crippen LogP contribution >= 0.6 is 0 Å². The van der Waals surface area contributed by atoms with Crippen LogP contribution < -0.4 is 0 Å². The van der Waals surface area contributed by atoms with Crippen molar-refractivity contribution in [3.8, 4) is 22.6 Å². The molecule has 0 saturated heterocycles. The van der Waals surface area contributed by atoms with Crippen LogP contribution in [0, 0.1) is 5.82 Å². The molecule has 4 nitrogen and oxygen atoms in total. The minimum atomic E-state index is -0.813. The van der Waals surface area contributed by atoms with Crippen molar-refractivity contribution >= 4 is 5.97 Å². The summed E-state index contributed by atoms with van der Waals surface area (Å²) in [7, 11) is 0. The number of ether oxygens (including phenoxy) is 1. The average Bonchev–Trinajstić information content (AvgIpc) is 2.50. The highest BCUT2D eigenvalue weighted by Crippen LogP contribution is 2.36. The molecule has 0 spiro atoms. The zero-order chi connectivity index (χ0) is 13.6. The molecule has 2 N–H and O–H groups in total. The molecule has 1 aliphatic rings. The molecule has 96 valence electrons. The molecule has 3 rings (SSSR count). The fourth-order valence-corrected chi connectivity index (χ4v) is 2.14. The van der Waals surface area contributed by atoms with Gasteiger partial charge in [-0.3, -0.25) is 0 Å². The van der Waals surface area contributed by atoms with Gasteiger partial charge in [0, 0.05) is 5.56 Å². The number of carbonyl (C=O) groups excluding carboxylic acids is 1. The van der Waals surface area contributed by atoms with E-state index in [2.05, 4.69) is 0 Å². The van der Waals surface area contributed by atoms with Crippen LogP contribution in [0.5, 0.6) is 11.5 Å². The summed E-state index contributed by atoms with van der Waals surface area (Å²) >= 11 is 0. The largest absolute Gasteiger partial charge is 0.508 e. The molecule has 0 unspecified atom stereocenters. The van der Waals surface area contributed by atoms with Gasteiger partial charge < -0.3 is 14.9 Å². The smallest absolute Gasteiger partial charge is 0.339 e. The third kappa shape index (κ3) is 1.79. The predicted octanol–water partition coefficient (Wildman–Crippen LogP) is 2.57. The van der Waals surface area contributed by atoms with Crippen LogP contribution in [0.25, 0.3) is 11.1 Å². The zero-order valence-electron chi connectivity index (χ0n) is 9.68. The van der Waals surface area contributed by atoms with Crippen LogP contribution in [-0.2, 0) is 11.3 Å². The molecule has 5 heteroatoms. The number of fused-ring (bicyclic) bond motifs is 3. The van der Waals surface area contributed by atoms with Crippen LogP contribution in [0.2, 0.25) is 0 Å². The molecule has 0 radical (unpaired) electrons. The number of phenols is 2. The highest BCUT2D eigenvalue weighted by atomic mass is 19.1. The molecule has 0 aromatic heterocycles. The maximum Gasteiger partial charge on any atom is 0.339 e. The van der Waals surface area contributed by atoms with Gasteiger partial charge in [0.2, 0.25) is 0 Å². The molecule has 0 bridgehead atoms. The third-order valence-corrected chi connectivity index (χ3v) is 3.04. The highest BCUT2D eigenvalue weighted by molar-refractivity contribution is 5.99. The van der Waals surface area contributed by atoms with E-state index in [1.165, 1.54) is 12.1 Å². The molecular formula is C14H9FO4. The van der Waals surface area contributed by atoms with Crippen molar-refractivity contribution in [3.05, 3.63) is 47.3 Å². The van der Waals surface area contributed by atoms with E-state index in [-0.39, 0.29) is 17.9 Å². The van der Waals surface area contributed by atoms with Crippen LogP contribution in [-0.4, -0.2) is 16.2 Å². The zero-order valence-corrected chi connectivity index (χ0v) is 9.68. The monoisotopic (exact) mass is 260 g/mol. The number of phenolic OH excluding ortho intramolecular Hbond substituents is 2. The topological polar surface area (TPSA) is 66.8 Å². The van der Waals surface area contributed by atoms with Crippen LogP contribution in [0.1, 0.15) is 15.9 Å². The number of benzene rings is 2. The Morgan fingerprint density at radius 3 is 2.63 bits per heavy atom. The van der Waals surface area contributed by atoms with E-state index in [1.54, 1.807) is 6.07 Å². The van der Waals surface area contributed by atoms with Gasteiger partial charge >= 0.3 is 5.97 Å². The van der Waals surface area contributed by atoms with E-state index in [0.29, 0.717) is 16.7 Å². The van der Waals surface area contributed by atoms with Crippen LogP contribution in [0.15, 0.2) is 30.3 Å². The standard InChI is InChI=1S/C14H9FO4/c15-12-4-10-9-2-1-8(16)3-7(9)6-19-14(18)11(10)5-13(12)17/h1-5,16-17H,6H2. The van der Waals surface area contributed by atoms with Gasteiger partial charge in [-0.2, -0.15) is 0 Å². The molecule has 0 saturated carbocycles. The lowest BCUT2D eigenvalue weighted by Crippen LogP contribution is -2.03. The number of halogens is 1. The first-order valence-corrected chi connectivity index (χ1v) is 5.58. The number of hydrogen-bond donors (Lipinski definition) is 2. The second-order valence-electron chi connectivity index (χ2n) is 4.27.